The topological polar surface area (TPSA) is 55.8 Å². The lowest BCUT2D eigenvalue weighted by atomic mass is 9.44. The van der Waals surface area contributed by atoms with Gasteiger partial charge >= 0.3 is 0 Å². The van der Waals surface area contributed by atoms with Crippen molar-refractivity contribution in [2.24, 2.45) is 52.3 Å². The van der Waals surface area contributed by atoms with E-state index in [2.05, 4.69) is 27.7 Å². The Labute approximate surface area is 187 Å². The van der Waals surface area contributed by atoms with Crippen molar-refractivity contribution in [3.8, 4) is 0 Å². The highest BCUT2D eigenvalue weighted by molar-refractivity contribution is 5.87. The molecule has 0 aromatic carbocycles. The molecule has 4 saturated carbocycles. The van der Waals surface area contributed by atoms with Gasteiger partial charge in [-0.15, -0.1) is 0 Å². The minimum Gasteiger partial charge on any atom is -0.390 e. The van der Waals surface area contributed by atoms with Crippen LogP contribution in [-0.2, 0) is 14.3 Å². The summed E-state index contributed by atoms with van der Waals surface area (Å²) in [4.78, 5) is 14.0. The fourth-order valence-corrected chi connectivity index (χ4v) is 10.0. The van der Waals surface area contributed by atoms with E-state index in [-0.39, 0.29) is 29.3 Å². The van der Waals surface area contributed by atoms with Crippen LogP contribution < -0.4 is 0 Å². The maximum Gasteiger partial charge on any atom is 0.171 e. The summed E-state index contributed by atoms with van der Waals surface area (Å²) in [7, 11) is 0. The van der Waals surface area contributed by atoms with Crippen LogP contribution in [-0.4, -0.2) is 35.5 Å². The number of Topliss-reactive ketones (excluding diaryl/α,β-unsaturated/α-hetero) is 1. The van der Waals surface area contributed by atoms with Crippen molar-refractivity contribution < 1.29 is 19.4 Å². The van der Waals surface area contributed by atoms with Gasteiger partial charge in [0.25, 0.3) is 0 Å². The zero-order valence-corrected chi connectivity index (χ0v) is 19.9. The van der Waals surface area contributed by atoms with Gasteiger partial charge in [0.2, 0.25) is 0 Å². The predicted octanol–water partition coefficient (Wildman–Crippen LogP) is 4.97. The van der Waals surface area contributed by atoms with Crippen LogP contribution in [0.1, 0.15) is 85.5 Å². The number of carbonyl (C=O) groups is 1. The standard InChI is InChI=1S/C27H42O4/c1-15-10-12-27(30-14-15)16(2)21-24(31-27)23(29)22-18-9-8-17-7-5-6-11-25(17,3)19(18)13-20(28)26(21,22)4/h15-19,21-24,29H,5-14H2,1-4H3/t15-,16+,17?,18-,19+,21+,22-,23?,24-,25+,26-,27-/m1/s1. The first-order valence-electron chi connectivity index (χ1n) is 13.3. The maximum atomic E-state index is 14.0. The quantitative estimate of drug-likeness (QED) is 0.589. The average molecular weight is 431 g/mol. The third kappa shape index (κ3) is 2.56. The molecule has 4 heteroatoms. The van der Waals surface area contributed by atoms with Gasteiger partial charge in [0.15, 0.2) is 5.79 Å². The lowest BCUT2D eigenvalue weighted by molar-refractivity contribution is -0.281. The molecular weight excluding hydrogens is 388 g/mol. The van der Waals surface area contributed by atoms with E-state index < -0.39 is 17.3 Å². The molecule has 0 aromatic heterocycles. The first-order valence-corrected chi connectivity index (χ1v) is 13.3. The number of ketones is 1. The van der Waals surface area contributed by atoms with Crippen molar-refractivity contribution in [2.75, 3.05) is 6.61 Å². The highest BCUT2D eigenvalue weighted by Crippen LogP contribution is 2.70. The number of carbonyl (C=O) groups excluding carboxylic acids is 1. The molecule has 2 aliphatic heterocycles. The lowest BCUT2D eigenvalue weighted by Crippen LogP contribution is -2.59. The Morgan fingerprint density at radius 1 is 1.00 bits per heavy atom. The van der Waals surface area contributed by atoms with Crippen molar-refractivity contribution in [1.82, 2.24) is 0 Å². The van der Waals surface area contributed by atoms with E-state index >= 15 is 0 Å². The molecule has 12 atom stereocenters. The summed E-state index contributed by atoms with van der Waals surface area (Å²) >= 11 is 0. The predicted molar refractivity (Wildman–Crippen MR) is 118 cm³/mol. The summed E-state index contributed by atoms with van der Waals surface area (Å²) < 4.78 is 13.0. The Bertz CT molecular complexity index is 756. The van der Waals surface area contributed by atoms with Crippen LogP contribution in [0.3, 0.4) is 0 Å². The summed E-state index contributed by atoms with van der Waals surface area (Å²) in [6.45, 7) is 9.87. The molecule has 6 rings (SSSR count). The van der Waals surface area contributed by atoms with Crippen LogP contribution in [0.25, 0.3) is 0 Å². The van der Waals surface area contributed by atoms with Crippen LogP contribution in [0.15, 0.2) is 0 Å². The number of ether oxygens (including phenoxy) is 2. The van der Waals surface area contributed by atoms with Gasteiger partial charge in [-0.05, 0) is 61.2 Å². The second-order valence-electron chi connectivity index (χ2n) is 12.9. The molecular formula is C27H42O4. The fourth-order valence-electron chi connectivity index (χ4n) is 10.0. The highest BCUT2D eigenvalue weighted by Gasteiger charge is 2.74. The molecule has 2 unspecified atom stereocenters. The van der Waals surface area contributed by atoms with Crippen LogP contribution in [0.5, 0.6) is 0 Å². The van der Waals surface area contributed by atoms with Gasteiger partial charge in [0.05, 0.1) is 18.8 Å². The van der Waals surface area contributed by atoms with E-state index in [1.165, 1.54) is 38.5 Å². The van der Waals surface area contributed by atoms with Crippen molar-refractivity contribution in [2.45, 2.75) is 103 Å². The zero-order valence-electron chi connectivity index (χ0n) is 19.9. The number of aliphatic hydroxyl groups excluding tert-OH is 1. The Morgan fingerprint density at radius 3 is 2.55 bits per heavy atom. The van der Waals surface area contributed by atoms with E-state index in [9.17, 15) is 9.90 Å². The highest BCUT2D eigenvalue weighted by atomic mass is 16.7. The lowest BCUT2D eigenvalue weighted by Gasteiger charge is -2.60. The van der Waals surface area contributed by atoms with Crippen molar-refractivity contribution in [3.63, 3.8) is 0 Å². The zero-order chi connectivity index (χ0) is 21.8. The molecule has 6 aliphatic rings. The summed E-state index contributed by atoms with van der Waals surface area (Å²) in [5.74, 6) is 2.32. The maximum absolute atomic E-state index is 14.0. The fraction of sp³-hybridized carbons (Fsp3) is 0.963. The van der Waals surface area contributed by atoms with Gasteiger partial charge in [-0.2, -0.15) is 0 Å². The Morgan fingerprint density at radius 2 is 1.81 bits per heavy atom. The largest absolute Gasteiger partial charge is 0.390 e. The van der Waals surface area contributed by atoms with Gasteiger partial charge in [0.1, 0.15) is 5.78 Å². The van der Waals surface area contributed by atoms with Crippen molar-refractivity contribution in [3.05, 3.63) is 0 Å². The molecule has 1 N–H and O–H groups in total. The number of rotatable bonds is 0. The van der Waals surface area contributed by atoms with Gasteiger partial charge in [-0.3, -0.25) is 4.79 Å². The average Bonchev–Trinajstić information content (AvgIpc) is 3.15. The normalized spacial score (nSPS) is 60.9. The molecule has 0 bridgehead atoms. The SMILES string of the molecule is C[C@@H]1CC[C@@]2(OC1)O[C@H]1C(O)[C@H]3[C@@H]4CCC5CCCC[C@]5(C)[C@H]4CC(=O)[C@]3(C)[C@H]1[C@@H]2C. The van der Waals surface area contributed by atoms with E-state index in [0.717, 1.165) is 31.8 Å². The van der Waals surface area contributed by atoms with Crippen LogP contribution in [0.2, 0.25) is 0 Å². The van der Waals surface area contributed by atoms with E-state index in [1.54, 1.807) is 0 Å². The van der Waals surface area contributed by atoms with E-state index in [4.69, 9.17) is 9.47 Å². The summed E-state index contributed by atoms with van der Waals surface area (Å²) in [5, 5.41) is 11.7. The Hall–Kier alpha value is -0.450. The van der Waals surface area contributed by atoms with E-state index in [0.29, 0.717) is 23.5 Å². The number of aliphatic hydroxyl groups is 1. The van der Waals surface area contributed by atoms with Gasteiger partial charge in [0, 0.05) is 36.0 Å². The third-order valence-electron chi connectivity index (χ3n) is 11.7. The number of hydrogen-bond acceptors (Lipinski definition) is 4. The summed E-state index contributed by atoms with van der Waals surface area (Å²) in [6.07, 6.45) is 9.63. The van der Waals surface area contributed by atoms with Gasteiger partial charge in [-0.25, -0.2) is 0 Å². The molecule has 0 aromatic rings. The number of hydrogen-bond donors (Lipinski definition) is 1. The second-order valence-corrected chi connectivity index (χ2v) is 12.9. The van der Waals surface area contributed by atoms with Crippen LogP contribution in [0.4, 0.5) is 0 Å². The molecule has 2 saturated heterocycles. The van der Waals surface area contributed by atoms with Crippen LogP contribution >= 0.6 is 0 Å². The third-order valence-corrected chi connectivity index (χ3v) is 11.7. The van der Waals surface area contributed by atoms with E-state index in [1.807, 2.05) is 0 Å². The van der Waals surface area contributed by atoms with Gasteiger partial charge in [-0.1, -0.05) is 40.5 Å². The van der Waals surface area contributed by atoms with Gasteiger partial charge < -0.3 is 14.6 Å². The van der Waals surface area contributed by atoms with Crippen molar-refractivity contribution in [1.29, 1.82) is 0 Å². The minimum atomic E-state index is -0.596. The smallest absolute Gasteiger partial charge is 0.171 e. The molecule has 4 aliphatic carbocycles. The first-order chi connectivity index (χ1) is 14.7. The Balaban J connectivity index is 1.35. The monoisotopic (exact) mass is 430 g/mol. The summed E-state index contributed by atoms with van der Waals surface area (Å²) in [6, 6.07) is 0. The second kappa shape index (κ2) is 6.79. The first kappa shape index (κ1) is 21.1. The molecule has 174 valence electrons. The molecule has 0 amide bonds. The molecule has 6 fully saturated rings. The Kier molecular flexibility index (Phi) is 4.62. The molecule has 4 nitrogen and oxygen atoms in total. The molecule has 31 heavy (non-hydrogen) atoms. The van der Waals surface area contributed by atoms with Crippen molar-refractivity contribution >= 4 is 5.78 Å². The molecule has 0 radical (unpaired) electrons. The summed E-state index contributed by atoms with van der Waals surface area (Å²) in [5.41, 5.74) is -0.190. The molecule has 2 heterocycles. The number of fused-ring (bicyclic) bond motifs is 7. The minimum absolute atomic E-state index is 0.0516. The van der Waals surface area contributed by atoms with Crippen LogP contribution in [0, 0.1) is 52.3 Å². The molecule has 1 spiro atoms.